The van der Waals surface area contributed by atoms with Crippen molar-refractivity contribution in [3.8, 4) is 5.95 Å². The molecule has 2 N–H and O–H groups in total. The minimum absolute atomic E-state index is 0.244. The van der Waals surface area contributed by atoms with E-state index in [0.717, 1.165) is 0 Å². The molecule has 3 aromatic rings. The van der Waals surface area contributed by atoms with Crippen LogP contribution in [0.5, 0.6) is 0 Å². The van der Waals surface area contributed by atoms with Gasteiger partial charge in [-0.25, -0.2) is 4.98 Å². The van der Waals surface area contributed by atoms with Crippen molar-refractivity contribution in [2.45, 2.75) is 13.8 Å². The monoisotopic (exact) mass is 310 g/mol. The van der Waals surface area contributed by atoms with Gasteiger partial charge in [0.05, 0.1) is 5.69 Å². The summed E-state index contributed by atoms with van der Waals surface area (Å²) >= 11 is 0. The average molecular weight is 310 g/mol. The fourth-order valence-electron chi connectivity index (χ4n) is 2.11. The highest BCUT2D eigenvalue weighted by atomic mass is 16.1. The number of hydrogen-bond donors (Lipinski definition) is 2. The number of aromatic amines is 1. The summed E-state index contributed by atoms with van der Waals surface area (Å²) in [5.74, 6) is 0.356. The predicted molar refractivity (Wildman–Crippen MR) is 83.6 cm³/mol. The molecule has 23 heavy (non-hydrogen) atoms. The number of carbonyl (C=O) groups is 1. The van der Waals surface area contributed by atoms with Crippen molar-refractivity contribution in [3.63, 3.8) is 0 Å². The number of rotatable bonds is 3. The molecular formula is C15H14N6O2. The largest absolute Gasteiger partial charge is 0.306 e. The first-order valence-corrected chi connectivity index (χ1v) is 6.89. The average Bonchev–Trinajstić information content (AvgIpc) is 2.88. The predicted octanol–water partition coefficient (Wildman–Crippen LogP) is 1.22. The molecule has 0 aromatic carbocycles. The van der Waals surface area contributed by atoms with E-state index in [1.165, 1.54) is 23.1 Å². The van der Waals surface area contributed by atoms with Crippen LogP contribution in [0.2, 0.25) is 0 Å². The van der Waals surface area contributed by atoms with Crippen LogP contribution in [0, 0.1) is 13.8 Å². The number of nitrogens with one attached hydrogen (secondary N) is 2. The SMILES string of the molecule is Cc1cc(=O)[nH]c(-n2nc(C)cc2NC(=O)c2ccncc2)n1. The smallest absolute Gasteiger partial charge is 0.256 e. The van der Waals surface area contributed by atoms with E-state index in [-0.39, 0.29) is 17.4 Å². The maximum atomic E-state index is 12.3. The lowest BCUT2D eigenvalue weighted by Gasteiger charge is -2.08. The molecule has 3 rings (SSSR count). The molecule has 8 nitrogen and oxygen atoms in total. The summed E-state index contributed by atoms with van der Waals surface area (Å²) in [4.78, 5) is 34.6. The standard InChI is InChI=1S/C15H14N6O2/c1-9-8-13(22)19-15(17-9)21-12(7-10(2)20-21)18-14(23)11-3-5-16-6-4-11/h3-8H,1-2H3,(H,18,23)(H,17,19,22). The second-order valence-corrected chi connectivity index (χ2v) is 4.98. The number of hydrogen-bond acceptors (Lipinski definition) is 5. The van der Waals surface area contributed by atoms with Crippen LogP contribution in [0.25, 0.3) is 5.95 Å². The molecular weight excluding hydrogens is 296 g/mol. The van der Waals surface area contributed by atoms with Gasteiger partial charge in [0.2, 0.25) is 5.95 Å². The molecule has 0 radical (unpaired) electrons. The molecule has 116 valence electrons. The topological polar surface area (TPSA) is 106 Å². The van der Waals surface area contributed by atoms with Crippen molar-refractivity contribution < 1.29 is 4.79 Å². The minimum Gasteiger partial charge on any atom is -0.306 e. The molecule has 0 spiro atoms. The van der Waals surface area contributed by atoms with E-state index < -0.39 is 0 Å². The fourth-order valence-corrected chi connectivity index (χ4v) is 2.11. The normalized spacial score (nSPS) is 10.5. The lowest BCUT2D eigenvalue weighted by Crippen LogP contribution is -2.18. The fraction of sp³-hybridized carbons (Fsp3) is 0.133. The number of anilines is 1. The van der Waals surface area contributed by atoms with E-state index in [4.69, 9.17) is 0 Å². The van der Waals surface area contributed by atoms with Gasteiger partial charge in [-0.1, -0.05) is 0 Å². The molecule has 0 aliphatic rings. The zero-order chi connectivity index (χ0) is 16.4. The highest BCUT2D eigenvalue weighted by molar-refractivity contribution is 6.03. The summed E-state index contributed by atoms with van der Waals surface area (Å²) in [5, 5.41) is 7.02. The molecule has 0 unspecified atom stereocenters. The second-order valence-electron chi connectivity index (χ2n) is 4.98. The number of amides is 1. The molecule has 8 heteroatoms. The van der Waals surface area contributed by atoms with Crippen LogP contribution in [0.4, 0.5) is 5.82 Å². The van der Waals surface area contributed by atoms with Crippen molar-refractivity contribution in [1.29, 1.82) is 0 Å². The van der Waals surface area contributed by atoms with Crippen LogP contribution in [-0.2, 0) is 0 Å². The Hall–Kier alpha value is -3.29. The minimum atomic E-state index is -0.302. The van der Waals surface area contributed by atoms with Crippen LogP contribution in [-0.4, -0.2) is 30.6 Å². The van der Waals surface area contributed by atoms with Crippen molar-refractivity contribution >= 4 is 11.7 Å². The summed E-state index contributed by atoms with van der Waals surface area (Å²) in [5.41, 5.74) is 1.42. The van der Waals surface area contributed by atoms with Crippen LogP contribution in [0.3, 0.4) is 0 Å². The molecule has 0 atom stereocenters. The van der Waals surface area contributed by atoms with Gasteiger partial charge in [-0.3, -0.25) is 19.6 Å². The van der Waals surface area contributed by atoms with Gasteiger partial charge in [-0.05, 0) is 26.0 Å². The van der Waals surface area contributed by atoms with Crippen LogP contribution in [0.1, 0.15) is 21.7 Å². The quantitative estimate of drug-likeness (QED) is 0.756. The second kappa shape index (κ2) is 5.84. The third kappa shape index (κ3) is 3.15. The van der Waals surface area contributed by atoms with Gasteiger partial charge in [0, 0.05) is 35.8 Å². The van der Waals surface area contributed by atoms with Crippen molar-refractivity contribution in [2.24, 2.45) is 0 Å². The first-order chi connectivity index (χ1) is 11.0. The van der Waals surface area contributed by atoms with E-state index in [1.807, 2.05) is 0 Å². The first kappa shape index (κ1) is 14.6. The number of aromatic nitrogens is 5. The van der Waals surface area contributed by atoms with E-state index in [1.54, 1.807) is 32.0 Å². The highest BCUT2D eigenvalue weighted by Gasteiger charge is 2.14. The number of pyridine rings is 1. The molecule has 0 saturated heterocycles. The van der Waals surface area contributed by atoms with Gasteiger partial charge in [0.1, 0.15) is 5.82 Å². The first-order valence-electron chi connectivity index (χ1n) is 6.89. The third-order valence-corrected chi connectivity index (χ3v) is 3.07. The zero-order valence-electron chi connectivity index (χ0n) is 12.6. The zero-order valence-corrected chi connectivity index (χ0v) is 12.6. The summed E-state index contributed by atoms with van der Waals surface area (Å²) in [6.45, 7) is 3.50. The van der Waals surface area contributed by atoms with E-state index in [9.17, 15) is 9.59 Å². The molecule has 1 amide bonds. The number of H-pyrrole nitrogens is 1. The number of carbonyl (C=O) groups excluding carboxylic acids is 1. The summed E-state index contributed by atoms with van der Waals surface area (Å²) in [7, 11) is 0. The van der Waals surface area contributed by atoms with Gasteiger partial charge in [-0.2, -0.15) is 9.78 Å². The molecule has 0 fully saturated rings. The summed E-state index contributed by atoms with van der Waals surface area (Å²) < 4.78 is 1.39. The van der Waals surface area contributed by atoms with Gasteiger partial charge < -0.3 is 5.32 Å². The summed E-state index contributed by atoms with van der Waals surface area (Å²) in [6.07, 6.45) is 3.08. The Kier molecular flexibility index (Phi) is 3.71. The van der Waals surface area contributed by atoms with Crippen LogP contribution >= 0.6 is 0 Å². The van der Waals surface area contributed by atoms with Crippen LogP contribution in [0.15, 0.2) is 41.5 Å². The Morgan fingerprint density at radius 3 is 2.61 bits per heavy atom. The van der Waals surface area contributed by atoms with Crippen LogP contribution < -0.4 is 10.9 Å². The Bertz CT molecular complexity index is 913. The van der Waals surface area contributed by atoms with E-state index in [2.05, 4.69) is 25.4 Å². The molecule has 0 bridgehead atoms. The Morgan fingerprint density at radius 1 is 1.17 bits per heavy atom. The number of aryl methyl sites for hydroxylation is 2. The van der Waals surface area contributed by atoms with Crippen molar-refractivity contribution in [2.75, 3.05) is 5.32 Å². The number of nitrogens with zero attached hydrogens (tertiary/aromatic N) is 4. The molecule has 0 aliphatic carbocycles. The summed E-state index contributed by atoms with van der Waals surface area (Å²) in [6, 6.07) is 6.29. The maximum absolute atomic E-state index is 12.3. The Labute approximate surface area is 131 Å². The Morgan fingerprint density at radius 2 is 1.91 bits per heavy atom. The molecule has 0 aliphatic heterocycles. The highest BCUT2D eigenvalue weighted by Crippen LogP contribution is 2.15. The van der Waals surface area contributed by atoms with Gasteiger partial charge in [0.15, 0.2) is 0 Å². The molecule has 3 aromatic heterocycles. The molecule has 0 saturated carbocycles. The van der Waals surface area contributed by atoms with E-state index in [0.29, 0.717) is 22.8 Å². The van der Waals surface area contributed by atoms with Crippen molar-refractivity contribution in [3.05, 3.63) is 64.0 Å². The van der Waals surface area contributed by atoms with Gasteiger partial charge in [-0.15, -0.1) is 0 Å². The molecule has 3 heterocycles. The third-order valence-electron chi connectivity index (χ3n) is 3.07. The van der Waals surface area contributed by atoms with E-state index >= 15 is 0 Å². The lowest BCUT2D eigenvalue weighted by molar-refractivity contribution is 0.102. The van der Waals surface area contributed by atoms with Gasteiger partial charge >= 0.3 is 0 Å². The maximum Gasteiger partial charge on any atom is 0.256 e. The lowest BCUT2D eigenvalue weighted by atomic mass is 10.2. The van der Waals surface area contributed by atoms with Crippen molar-refractivity contribution in [1.82, 2.24) is 24.7 Å². The Balaban J connectivity index is 1.98. The van der Waals surface area contributed by atoms with Gasteiger partial charge in [0.25, 0.3) is 11.5 Å².